The molecule has 0 fully saturated rings. The van der Waals surface area contributed by atoms with Crippen LogP contribution in [0.4, 0.5) is 0 Å². The van der Waals surface area contributed by atoms with Crippen LogP contribution in [0.15, 0.2) is 27.8 Å². The predicted octanol–water partition coefficient (Wildman–Crippen LogP) is 3.53. The molecule has 0 saturated heterocycles. The SMILES string of the molecule is CCOC(=O)c1ccoc1CSc1nc(C)c(C(C)=O)cc1C#N. The fourth-order valence-corrected chi connectivity index (χ4v) is 3.06. The molecule has 0 atom stereocenters. The lowest BCUT2D eigenvalue weighted by Crippen LogP contribution is -2.06. The zero-order valence-corrected chi connectivity index (χ0v) is 14.4. The van der Waals surface area contributed by atoms with E-state index in [2.05, 4.69) is 4.98 Å². The van der Waals surface area contributed by atoms with E-state index in [-0.39, 0.29) is 12.4 Å². The van der Waals surface area contributed by atoms with Crippen LogP contribution in [0.5, 0.6) is 0 Å². The van der Waals surface area contributed by atoms with Gasteiger partial charge in [-0.15, -0.1) is 0 Å². The molecule has 2 rings (SSSR count). The molecule has 6 nitrogen and oxygen atoms in total. The number of thioether (sulfide) groups is 1. The van der Waals surface area contributed by atoms with Gasteiger partial charge in [0.1, 0.15) is 22.4 Å². The molecule has 24 heavy (non-hydrogen) atoms. The highest BCUT2D eigenvalue weighted by Crippen LogP contribution is 2.28. The maximum absolute atomic E-state index is 11.8. The summed E-state index contributed by atoms with van der Waals surface area (Å²) in [4.78, 5) is 27.7. The zero-order chi connectivity index (χ0) is 17.7. The Kier molecular flexibility index (Phi) is 5.77. The fraction of sp³-hybridized carbons (Fsp3) is 0.294. The Balaban J connectivity index is 2.23. The maximum Gasteiger partial charge on any atom is 0.341 e. The standard InChI is InChI=1S/C17H16N2O4S/c1-4-22-17(21)13-5-6-23-15(13)9-24-16-12(8-18)7-14(11(3)20)10(2)19-16/h5-7H,4,9H2,1-3H3. The molecule has 0 N–H and O–H groups in total. The summed E-state index contributed by atoms with van der Waals surface area (Å²) in [6, 6.07) is 5.14. The Morgan fingerprint density at radius 1 is 1.42 bits per heavy atom. The van der Waals surface area contributed by atoms with Gasteiger partial charge in [-0.1, -0.05) is 11.8 Å². The van der Waals surface area contributed by atoms with E-state index in [1.807, 2.05) is 6.07 Å². The van der Waals surface area contributed by atoms with Gasteiger partial charge in [0.05, 0.1) is 24.2 Å². The number of pyridine rings is 1. The van der Waals surface area contributed by atoms with Crippen molar-refractivity contribution in [3.05, 3.63) is 46.5 Å². The number of ketones is 1. The summed E-state index contributed by atoms with van der Waals surface area (Å²) in [7, 11) is 0. The van der Waals surface area contributed by atoms with Gasteiger partial charge in [0.25, 0.3) is 0 Å². The van der Waals surface area contributed by atoms with Crippen molar-refractivity contribution in [2.75, 3.05) is 6.61 Å². The zero-order valence-electron chi connectivity index (χ0n) is 13.6. The quantitative estimate of drug-likeness (QED) is 0.449. The number of carbonyl (C=O) groups is 2. The van der Waals surface area contributed by atoms with Crippen LogP contribution in [-0.4, -0.2) is 23.3 Å². The summed E-state index contributed by atoms with van der Waals surface area (Å²) in [6.07, 6.45) is 1.42. The molecule has 7 heteroatoms. The molecule has 0 aliphatic rings. The van der Waals surface area contributed by atoms with Gasteiger partial charge in [-0.3, -0.25) is 4.79 Å². The number of furan rings is 1. The number of nitrogens with zero attached hydrogens (tertiary/aromatic N) is 2. The van der Waals surface area contributed by atoms with E-state index in [1.54, 1.807) is 26.0 Å². The molecule has 0 amide bonds. The third kappa shape index (κ3) is 3.84. The molecule has 2 aromatic heterocycles. The molecule has 124 valence electrons. The highest BCUT2D eigenvalue weighted by atomic mass is 32.2. The summed E-state index contributed by atoms with van der Waals surface area (Å²) in [5.74, 6) is 0.196. The second-order valence-corrected chi connectivity index (χ2v) is 5.87. The number of rotatable bonds is 6. The van der Waals surface area contributed by atoms with Crippen molar-refractivity contribution in [2.24, 2.45) is 0 Å². The summed E-state index contributed by atoms with van der Waals surface area (Å²) < 4.78 is 10.3. The molecule has 0 spiro atoms. The molecular formula is C17H16N2O4S. The molecule has 0 bridgehead atoms. The fourth-order valence-electron chi connectivity index (χ4n) is 2.11. The Hall–Kier alpha value is -2.59. The van der Waals surface area contributed by atoms with E-state index in [1.165, 1.54) is 24.9 Å². The lowest BCUT2D eigenvalue weighted by molar-refractivity contribution is 0.0524. The van der Waals surface area contributed by atoms with Crippen LogP contribution in [0, 0.1) is 18.3 Å². The van der Waals surface area contributed by atoms with Gasteiger partial charge in [0.2, 0.25) is 0 Å². The molecular weight excluding hydrogens is 328 g/mol. The van der Waals surface area contributed by atoms with E-state index in [0.717, 1.165) is 0 Å². The van der Waals surface area contributed by atoms with E-state index < -0.39 is 5.97 Å². The number of aromatic nitrogens is 1. The van der Waals surface area contributed by atoms with E-state index in [9.17, 15) is 14.9 Å². The van der Waals surface area contributed by atoms with Crippen molar-refractivity contribution in [1.82, 2.24) is 4.98 Å². The topological polar surface area (TPSA) is 93.2 Å². The van der Waals surface area contributed by atoms with Crippen molar-refractivity contribution in [3.8, 4) is 6.07 Å². The van der Waals surface area contributed by atoms with Crippen LogP contribution in [0.2, 0.25) is 0 Å². The van der Waals surface area contributed by atoms with Crippen molar-refractivity contribution in [3.63, 3.8) is 0 Å². The van der Waals surface area contributed by atoms with Crippen LogP contribution in [-0.2, 0) is 10.5 Å². The molecule has 0 radical (unpaired) electrons. The molecule has 0 aliphatic heterocycles. The lowest BCUT2D eigenvalue weighted by atomic mass is 10.1. The van der Waals surface area contributed by atoms with Gasteiger partial charge < -0.3 is 9.15 Å². The highest BCUT2D eigenvalue weighted by molar-refractivity contribution is 7.98. The Morgan fingerprint density at radius 3 is 2.79 bits per heavy atom. The first kappa shape index (κ1) is 17.8. The normalized spacial score (nSPS) is 10.2. The molecule has 2 aromatic rings. The largest absolute Gasteiger partial charge is 0.468 e. The number of carbonyl (C=O) groups excluding carboxylic acids is 2. The number of nitriles is 1. The highest BCUT2D eigenvalue weighted by Gasteiger charge is 2.18. The van der Waals surface area contributed by atoms with Crippen molar-refractivity contribution >= 4 is 23.5 Å². The van der Waals surface area contributed by atoms with Crippen LogP contribution >= 0.6 is 11.8 Å². The average Bonchev–Trinajstić information content (AvgIpc) is 3.01. The third-order valence-electron chi connectivity index (χ3n) is 3.26. The third-order valence-corrected chi connectivity index (χ3v) is 4.25. The lowest BCUT2D eigenvalue weighted by Gasteiger charge is -2.07. The molecule has 0 aromatic carbocycles. The Morgan fingerprint density at radius 2 is 2.17 bits per heavy atom. The van der Waals surface area contributed by atoms with Gasteiger partial charge in [0, 0.05) is 11.3 Å². The van der Waals surface area contributed by atoms with Gasteiger partial charge in [0.15, 0.2) is 5.78 Å². The van der Waals surface area contributed by atoms with Gasteiger partial charge >= 0.3 is 5.97 Å². The van der Waals surface area contributed by atoms with Gasteiger partial charge in [-0.2, -0.15) is 5.26 Å². The molecule has 0 saturated carbocycles. The number of hydrogen-bond acceptors (Lipinski definition) is 7. The van der Waals surface area contributed by atoms with E-state index in [4.69, 9.17) is 9.15 Å². The first-order valence-corrected chi connectivity index (χ1v) is 8.25. The maximum atomic E-state index is 11.8. The molecule has 0 aliphatic carbocycles. The summed E-state index contributed by atoms with van der Waals surface area (Å²) in [5.41, 5.74) is 1.68. The van der Waals surface area contributed by atoms with Crippen molar-refractivity contribution in [1.29, 1.82) is 5.26 Å². The minimum atomic E-state index is -0.446. The molecule has 2 heterocycles. The summed E-state index contributed by atoms with van der Waals surface area (Å²) in [5, 5.41) is 9.77. The Bertz CT molecular complexity index is 820. The average molecular weight is 344 g/mol. The van der Waals surface area contributed by atoms with Crippen LogP contribution < -0.4 is 0 Å². The Labute approximate surface area is 143 Å². The van der Waals surface area contributed by atoms with Crippen LogP contribution in [0.25, 0.3) is 0 Å². The monoisotopic (exact) mass is 344 g/mol. The smallest absolute Gasteiger partial charge is 0.341 e. The van der Waals surface area contributed by atoms with Crippen molar-refractivity contribution in [2.45, 2.75) is 31.6 Å². The first-order chi connectivity index (χ1) is 11.5. The van der Waals surface area contributed by atoms with Gasteiger partial charge in [-0.25, -0.2) is 9.78 Å². The summed E-state index contributed by atoms with van der Waals surface area (Å²) in [6.45, 7) is 5.17. The number of esters is 1. The van der Waals surface area contributed by atoms with Crippen LogP contribution in [0.1, 0.15) is 51.6 Å². The second-order valence-electron chi connectivity index (χ2n) is 4.91. The van der Waals surface area contributed by atoms with Gasteiger partial charge in [-0.05, 0) is 32.9 Å². The minimum Gasteiger partial charge on any atom is -0.468 e. The van der Waals surface area contributed by atoms with Crippen LogP contribution in [0.3, 0.4) is 0 Å². The number of hydrogen-bond donors (Lipinski definition) is 0. The number of ether oxygens (including phenoxy) is 1. The first-order valence-electron chi connectivity index (χ1n) is 7.26. The molecule has 0 unspecified atom stereocenters. The number of Topliss-reactive ketones (excluding diaryl/α,β-unsaturated/α-hetero) is 1. The van der Waals surface area contributed by atoms with E-state index >= 15 is 0 Å². The summed E-state index contributed by atoms with van der Waals surface area (Å²) >= 11 is 1.27. The predicted molar refractivity (Wildman–Crippen MR) is 87.9 cm³/mol. The van der Waals surface area contributed by atoms with Crippen molar-refractivity contribution < 1.29 is 18.7 Å². The minimum absolute atomic E-state index is 0.135. The van der Waals surface area contributed by atoms with E-state index in [0.29, 0.717) is 38.9 Å². The second kappa shape index (κ2) is 7.79. The number of aryl methyl sites for hydroxylation is 1.